The van der Waals surface area contributed by atoms with Crippen LogP contribution in [0.5, 0.6) is 0 Å². The Morgan fingerprint density at radius 1 is 0.722 bits per heavy atom. The highest BCUT2D eigenvalue weighted by molar-refractivity contribution is 5.46. The predicted octanol–water partition coefficient (Wildman–Crippen LogP) is 5.66. The molecule has 0 aliphatic carbocycles. The van der Waals surface area contributed by atoms with Crippen molar-refractivity contribution in [2.45, 2.75) is 27.7 Å². The molecule has 2 aromatic rings. The van der Waals surface area contributed by atoms with E-state index in [1.807, 2.05) is 38.1 Å². The van der Waals surface area contributed by atoms with Crippen molar-refractivity contribution in [3.05, 3.63) is 77.9 Å². The van der Waals surface area contributed by atoms with Crippen LogP contribution in [0.3, 0.4) is 0 Å². The van der Waals surface area contributed by atoms with Gasteiger partial charge in [0, 0.05) is 0 Å². The van der Waals surface area contributed by atoms with Crippen LogP contribution in [0.2, 0.25) is 0 Å². The van der Waals surface area contributed by atoms with E-state index >= 15 is 0 Å². The monoisotopic (exact) mass is 240 g/mol. The van der Waals surface area contributed by atoms with Gasteiger partial charge in [0.05, 0.1) is 0 Å². The average molecular weight is 240 g/mol. The highest BCUT2D eigenvalue weighted by Crippen LogP contribution is 2.02. The summed E-state index contributed by atoms with van der Waals surface area (Å²) in [5.74, 6) is 0. The highest BCUT2D eigenvalue weighted by atomic mass is 13.9. The van der Waals surface area contributed by atoms with E-state index in [1.165, 1.54) is 16.7 Å². The number of rotatable bonds is 1. The maximum Gasteiger partial charge on any atom is -0.0262 e. The first-order chi connectivity index (χ1) is 8.72. The molecule has 18 heavy (non-hydrogen) atoms. The van der Waals surface area contributed by atoms with Gasteiger partial charge in [-0.15, -0.1) is 0 Å². The molecule has 0 heteroatoms. The van der Waals surface area contributed by atoms with Gasteiger partial charge in [0.2, 0.25) is 0 Å². The standard InChI is InChI=1S/C9H10.C7H8.C2H6/c1-3-9-6-4-8(2)5-7-9;1-7-5-3-2-4-6-7;1-2/h3-7H,1H2,2H3;2-6H,1H3;1-2H3. The van der Waals surface area contributed by atoms with E-state index in [0.717, 1.165) is 0 Å². The van der Waals surface area contributed by atoms with Gasteiger partial charge in [0.1, 0.15) is 0 Å². The van der Waals surface area contributed by atoms with Gasteiger partial charge in [-0.05, 0) is 19.4 Å². The number of hydrogen-bond acceptors (Lipinski definition) is 0. The zero-order valence-electron chi connectivity index (χ0n) is 12.0. The normalized spacial score (nSPS) is 8.22. The first kappa shape index (κ1) is 16.2. The van der Waals surface area contributed by atoms with E-state index in [-0.39, 0.29) is 0 Å². The SMILES string of the molecule is C=Cc1ccc(C)cc1.CC.Cc1ccccc1. The predicted molar refractivity (Wildman–Crippen MR) is 83.8 cm³/mol. The molecule has 0 heterocycles. The van der Waals surface area contributed by atoms with Crippen molar-refractivity contribution in [1.82, 2.24) is 0 Å². The zero-order valence-corrected chi connectivity index (χ0v) is 12.0. The van der Waals surface area contributed by atoms with Gasteiger partial charge in [0.25, 0.3) is 0 Å². The Kier molecular flexibility index (Phi) is 9.30. The lowest BCUT2D eigenvalue weighted by atomic mass is 10.2. The Balaban J connectivity index is 0.000000289. The van der Waals surface area contributed by atoms with Crippen LogP contribution in [0.1, 0.15) is 30.5 Å². The first-order valence-electron chi connectivity index (χ1n) is 6.43. The second-order valence-electron chi connectivity index (χ2n) is 3.77. The summed E-state index contributed by atoms with van der Waals surface area (Å²) in [6, 6.07) is 18.5. The first-order valence-corrected chi connectivity index (χ1v) is 6.43. The Hall–Kier alpha value is -1.82. The molecule has 2 aromatic carbocycles. The number of benzene rings is 2. The summed E-state index contributed by atoms with van der Waals surface area (Å²) >= 11 is 0. The van der Waals surface area contributed by atoms with E-state index in [2.05, 4.69) is 56.8 Å². The summed E-state index contributed by atoms with van der Waals surface area (Å²) in [5, 5.41) is 0. The molecule has 0 radical (unpaired) electrons. The topological polar surface area (TPSA) is 0 Å². The Labute approximate surface area is 112 Å². The van der Waals surface area contributed by atoms with Crippen LogP contribution in [0, 0.1) is 13.8 Å². The van der Waals surface area contributed by atoms with Crippen molar-refractivity contribution in [2.75, 3.05) is 0 Å². The Morgan fingerprint density at radius 2 is 1.17 bits per heavy atom. The molecule has 0 aliphatic rings. The third-order valence-corrected chi connectivity index (χ3v) is 2.25. The molecule has 2 rings (SSSR count). The minimum atomic E-state index is 1.18. The molecule has 0 saturated heterocycles. The molecule has 0 N–H and O–H groups in total. The lowest BCUT2D eigenvalue weighted by Crippen LogP contribution is -1.71. The molecule has 96 valence electrons. The molecule has 0 aliphatic heterocycles. The van der Waals surface area contributed by atoms with Crippen molar-refractivity contribution in [3.8, 4) is 0 Å². The summed E-state index contributed by atoms with van der Waals surface area (Å²) in [6.45, 7) is 11.8. The molecular weight excluding hydrogens is 216 g/mol. The van der Waals surface area contributed by atoms with Crippen LogP contribution in [0.15, 0.2) is 61.2 Å². The fourth-order valence-corrected chi connectivity index (χ4v) is 1.24. The molecule has 0 atom stereocenters. The van der Waals surface area contributed by atoms with Gasteiger partial charge in [-0.25, -0.2) is 0 Å². The van der Waals surface area contributed by atoms with Crippen LogP contribution in [0.25, 0.3) is 6.08 Å². The molecular formula is C18H24. The van der Waals surface area contributed by atoms with Gasteiger partial charge in [0.15, 0.2) is 0 Å². The molecule has 0 aromatic heterocycles. The van der Waals surface area contributed by atoms with Crippen LogP contribution in [-0.4, -0.2) is 0 Å². The zero-order chi connectivity index (χ0) is 13.8. The second kappa shape index (κ2) is 10.3. The molecule has 0 fully saturated rings. The van der Waals surface area contributed by atoms with Crippen LogP contribution in [0.4, 0.5) is 0 Å². The van der Waals surface area contributed by atoms with Crippen molar-refractivity contribution in [3.63, 3.8) is 0 Å². The maximum atomic E-state index is 3.66. The maximum absolute atomic E-state index is 3.66. The summed E-state index contributed by atoms with van der Waals surface area (Å²) in [4.78, 5) is 0. The van der Waals surface area contributed by atoms with E-state index in [4.69, 9.17) is 0 Å². The molecule has 0 unspecified atom stereocenters. The molecule has 0 spiro atoms. The van der Waals surface area contributed by atoms with Crippen molar-refractivity contribution >= 4 is 6.08 Å². The molecule has 0 nitrogen and oxygen atoms in total. The lowest BCUT2D eigenvalue weighted by molar-refractivity contribution is 1.46. The molecule has 0 saturated carbocycles. The Morgan fingerprint density at radius 3 is 1.50 bits per heavy atom. The van der Waals surface area contributed by atoms with Gasteiger partial charge >= 0.3 is 0 Å². The quantitative estimate of drug-likeness (QED) is 0.603. The highest BCUT2D eigenvalue weighted by Gasteiger charge is 1.82. The van der Waals surface area contributed by atoms with Crippen molar-refractivity contribution in [2.24, 2.45) is 0 Å². The molecule has 0 bridgehead atoms. The van der Waals surface area contributed by atoms with Crippen LogP contribution < -0.4 is 0 Å². The van der Waals surface area contributed by atoms with Gasteiger partial charge in [-0.3, -0.25) is 0 Å². The smallest absolute Gasteiger partial charge is 0.0262 e. The van der Waals surface area contributed by atoms with E-state index in [9.17, 15) is 0 Å². The fourth-order valence-electron chi connectivity index (χ4n) is 1.24. The van der Waals surface area contributed by atoms with Crippen molar-refractivity contribution < 1.29 is 0 Å². The van der Waals surface area contributed by atoms with E-state index in [0.29, 0.717) is 0 Å². The van der Waals surface area contributed by atoms with E-state index in [1.54, 1.807) is 0 Å². The number of hydrogen-bond donors (Lipinski definition) is 0. The number of aryl methyl sites for hydroxylation is 2. The van der Waals surface area contributed by atoms with Gasteiger partial charge in [-0.1, -0.05) is 92.2 Å². The lowest BCUT2D eigenvalue weighted by Gasteiger charge is -1.91. The summed E-state index contributed by atoms with van der Waals surface area (Å²) in [5.41, 5.74) is 3.80. The largest absolute Gasteiger partial charge is 0.0985 e. The average Bonchev–Trinajstić information content (AvgIpc) is 2.43. The van der Waals surface area contributed by atoms with Crippen LogP contribution in [-0.2, 0) is 0 Å². The third kappa shape index (κ3) is 7.45. The fraction of sp³-hybridized carbons (Fsp3) is 0.222. The van der Waals surface area contributed by atoms with Gasteiger partial charge < -0.3 is 0 Å². The third-order valence-electron chi connectivity index (χ3n) is 2.25. The minimum absolute atomic E-state index is 1.18. The Bertz CT molecular complexity index is 410. The molecule has 0 amide bonds. The second-order valence-corrected chi connectivity index (χ2v) is 3.77. The van der Waals surface area contributed by atoms with Gasteiger partial charge in [-0.2, -0.15) is 0 Å². The summed E-state index contributed by atoms with van der Waals surface area (Å²) in [6.07, 6.45) is 1.85. The van der Waals surface area contributed by atoms with Crippen LogP contribution >= 0.6 is 0 Å². The summed E-state index contributed by atoms with van der Waals surface area (Å²) < 4.78 is 0. The minimum Gasteiger partial charge on any atom is -0.0985 e. The van der Waals surface area contributed by atoms with E-state index < -0.39 is 0 Å². The van der Waals surface area contributed by atoms with Crippen molar-refractivity contribution in [1.29, 1.82) is 0 Å². The summed E-state index contributed by atoms with van der Waals surface area (Å²) in [7, 11) is 0.